The molecule has 0 unspecified atom stereocenters. The molecule has 0 saturated carbocycles. The largest absolute Gasteiger partial charge is 0.330 e. The van der Waals surface area contributed by atoms with Crippen LogP contribution in [0.15, 0.2) is 42.5 Å². The Balaban J connectivity index is 1.81. The monoisotopic (exact) mass is 283 g/mol. The predicted molar refractivity (Wildman–Crippen MR) is 78.9 cm³/mol. The van der Waals surface area contributed by atoms with E-state index in [1.165, 1.54) is 22.1 Å². The number of rotatable bonds is 1. The van der Waals surface area contributed by atoms with Gasteiger partial charge < -0.3 is 0 Å². The molecule has 3 N–H and O–H groups in total. The molecule has 0 spiro atoms. The van der Waals surface area contributed by atoms with Crippen molar-refractivity contribution >= 4 is 16.5 Å². The predicted octanol–water partition coefficient (Wildman–Crippen LogP) is 3.52. The Morgan fingerprint density at radius 3 is 2.80 bits per heavy atom. The molecule has 0 amide bonds. The average Bonchev–Trinajstić information content (AvgIpc) is 2.93. The van der Waals surface area contributed by atoms with Gasteiger partial charge in [-0.25, -0.2) is 9.37 Å². The van der Waals surface area contributed by atoms with Gasteiger partial charge in [0.05, 0.1) is 4.88 Å². The highest BCUT2D eigenvalue weighted by Crippen LogP contribution is 2.39. The minimum atomic E-state index is -0.205. The van der Waals surface area contributed by atoms with E-state index in [0.717, 1.165) is 28.4 Å². The summed E-state index contributed by atoms with van der Waals surface area (Å²) >= 11 is 1.60. The number of hydrogen-bond acceptors (Lipinski definition) is 2. The molecule has 0 bridgehead atoms. The van der Waals surface area contributed by atoms with E-state index in [4.69, 9.17) is 5.73 Å². The summed E-state index contributed by atoms with van der Waals surface area (Å²) in [5.74, 6) is -0.205. The highest BCUT2D eigenvalue weighted by atomic mass is 32.1. The minimum absolute atomic E-state index is 0.205. The molecule has 98 valence electrons. The van der Waals surface area contributed by atoms with Gasteiger partial charge in [-0.05, 0) is 34.9 Å². The van der Waals surface area contributed by atoms with Crippen molar-refractivity contribution in [2.75, 3.05) is 5.73 Å². The average molecular weight is 283 g/mol. The Morgan fingerprint density at radius 2 is 1.95 bits per heavy atom. The fourth-order valence-corrected chi connectivity index (χ4v) is 3.66. The molecule has 1 aliphatic carbocycles. The fraction of sp³-hybridized carbons (Fsp3) is 0.0625. The number of aromatic amines is 1. The second-order valence-corrected chi connectivity index (χ2v) is 6.09. The van der Waals surface area contributed by atoms with Crippen molar-refractivity contribution in [3.63, 3.8) is 0 Å². The highest BCUT2D eigenvalue weighted by molar-refractivity contribution is 7.15. The Bertz CT molecular complexity index is 823. The normalized spacial score (nSPS) is 12.2. The van der Waals surface area contributed by atoms with Crippen molar-refractivity contribution in [3.8, 4) is 22.4 Å². The van der Waals surface area contributed by atoms with Gasteiger partial charge in [-0.2, -0.15) is 0 Å². The summed E-state index contributed by atoms with van der Waals surface area (Å²) in [5.41, 5.74) is 11.4. The number of benzene rings is 2. The molecule has 2 aromatic carbocycles. The molecule has 4 heteroatoms. The molecule has 20 heavy (non-hydrogen) atoms. The van der Waals surface area contributed by atoms with E-state index < -0.39 is 0 Å². The number of fused-ring (bicyclic) bond motifs is 3. The smallest absolute Gasteiger partial charge is 0.278 e. The lowest BCUT2D eigenvalue weighted by Crippen LogP contribution is -2.06. The molecule has 3 aromatic rings. The zero-order valence-corrected chi connectivity index (χ0v) is 11.4. The number of hydrogen-bond donors (Lipinski definition) is 1. The van der Waals surface area contributed by atoms with Crippen LogP contribution in [-0.4, -0.2) is 0 Å². The van der Waals surface area contributed by atoms with Crippen LogP contribution in [0, 0.1) is 5.82 Å². The van der Waals surface area contributed by atoms with Crippen molar-refractivity contribution in [2.24, 2.45) is 0 Å². The van der Waals surface area contributed by atoms with Gasteiger partial charge in [-0.1, -0.05) is 35.6 Å². The fourth-order valence-electron chi connectivity index (χ4n) is 2.75. The summed E-state index contributed by atoms with van der Waals surface area (Å²) in [6.07, 6.45) is 0.895. The van der Waals surface area contributed by atoms with E-state index in [1.807, 2.05) is 12.1 Å². The number of aromatic nitrogens is 1. The van der Waals surface area contributed by atoms with Crippen LogP contribution in [0.5, 0.6) is 0 Å². The SMILES string of the molecule is Nc1[nH+]c2c(s1)Cc1cc(-c3cccc(F)c3)ccc1-2. The molecule has 0 atom stereocenters. The van der Waals surface area contributed by atoms with Crippen molar-refractivity contribution in [1.29, 1.82) is 0 Å². The van der Waals surface area contributed by atoms with E-state index >= 15 is 0 Å². The maximum atomic E-state index is 13.3. The summed E-state index contributed by atoms with van der Waals surface area (Å²) in [5, 5.41) is 0.745. The second kappa shape index (κ2) is 4.15. The number of H-pyrrole nitrogens is 1. The van der Waals surface area contributed by atoms with Gasteiger partial charge >= 0.3 is 5.13 Å². The zero-order valence-electron chi connectivity index (χ0n) is 10.6. The number of nitrogens with one attached hydrogen (secondary N) is 1. The third kappa shape index (κ3) is 1.72. The van der Waals surface area contributed by atoms with Gasteiger partial charge in [0.1, 0.15) is 11.5 Å². The number of anilines is 1. The van der Waals surface area contributed by atoms with E-state index in [-0.39, 0.29) is 5.82 Å². The molecule has 0 aliphatic heterocycles. The summed E-state index contributed by atoms with van der Waals surface area (Å²) in [4.78, 5) is 4.49. The Morgan fingerprint density at radius 1 is 1.10 bits per heavy atom. The standard InChI is InChI=1S/C16H11FN2S/c17-12-3-1-2-9(7-12)10-4-5-13-11(6-10)8-14-15(13)19-16(18)20-14/h1-7H,8H2,(H2,18,19)/p+1. The van der Waals surface area contributed by atoms with E-state index in [2.05, 4.69) is 17.1 Å². The summed E-state index contributed by atoms with van der Waals surface area (Å²) < 4.78 is 13.3. The molecule has 4 rings (SSSR count). The molecule has 1 aromatic heterocycles. The molecular formula is C16H12FN2S+. The first-order chi connectivity index (χ1) is 9.70. The Hall–Kier alpha value is -2.20. The van der Waals surface area contributed by atoms with E-state index in [0.29, 0.717) is 0 Å². The number of nitrogen functional groups attached to an aromatic ring is 1. The highest BCUT2D eigenvalue weighted by Gasteiger charge is 2.25. The Labute approximate surface area is 119 Å². The van der Waals surface area contributed by atoms with Gasteiger partial charge in [-0.15, -0.1) is 0 Å². The maximum Gasteiger partial charge on any atom is 0.330 e. The van der Waals surface area contributed by atoms with Crippen LogP contribution in [0.1, 0.15) is 10.4 Å². The lowest BCUT2D eigenvalue weighted by Gasteiger charge is -2.05. The van der Waals surface area contributed by atoms with Gasteiger partial charge in [0.25, 0.3) is 0 Å². The van der Waals surface area contributed by atoms with Crippen LogP contribution in [0.3, 0.4) is 0 Å². The summed E-state index contributed by atoms with van der Waals surface area (Å²) in [6.45, 7) is 0. The van der Waals surface area contributed by atoms with E-state index in [9.17, 15) is 4.39 Å². The number of thiazole rings is 1. The van der Waals surface area contributed by atoms with Crippen molar-refractivity contribution < 1.29 is 9.37 Å². The summed E-state index contributed by atoms with van der Waals surface area (Å²) in [7, 11) is 0. The number of nitrogens with two attached hydrogens (primary N) is 1. The van der Waals surface area contributed by atoms with Gasteiger partial charge in [0.2, 0.25) is 0 Å². The summed E-state index contributed by atoms with van der Waals surface area (Å²) in [6, 6.07) is 13.0. The minimum Gasteiger partial charge on any atom is -0.278 e. The topological polar surface area (TPSA) is 40.2 Å². The van der Waals surface area contributed by atoms with Crippen molar-refractivity contribution in [2.45, 2.75) is 6.42 Å². The first kappa shape index (κ1) is 11.6. The van der Waals surface area contributed by atoms with Crippen LogP contribution in [-0.2, 0) is 6.42 Å². The van der Waals surface area contributed by atoms with Crippen molar-refractivity contribution in [1.82, 2.24) is 0 Å². The first-order valence-electron chi connectivity index (χ1n) is 6.40. The zero-order chi connectivity index (χ0) is 13.7. The van der Waals surface area contributed by atoms with Crippen LogP contribution >= 0.6 is 11.3 Å². The van der Waals surface area contributed by atoms with Crippen molar-refractivity contribution in [3.05, 3.63) is 58.7 Å². The molecule has 2 nitrogen and oxygen atoms in total. The van der Waals surface area contributed by atoms with Gasteiger partial charge in [0.15, 0.2) is 0 Å². The molecule has 0 radical (unpaired) electrons. The third-order valence-electron chi connectivity index (χ3n) is 3.64. The molecule has 1 aliphatic rings. The molecule has 1 heterocycles. The molecule has 0 saturated heterocycles. The molecular weight excluding hydrogens is 271 g/mol. The second-order valence-electron chi connectivity index (χ2n) is 4.95. The Kier molecular flexibility index (Phi) is 2.41. The van der Waals surface area contributed by atoms with Gasteiger partial charge in [0, 0.05) is 12.0 Å². The lowest BCUT2D eigenvalue weighted by molar-refractivity contribution is -0.340. The number of halogens is 1. The van der Waals surface area contributed by atoms with Crippen LogP contribution in [0.4, 0.5) is 9.52 Å². The first-order valence-corrected chi connectivity index (χ1v) is 7.22. The van der Waals surface area contributed by atoms with Crippen LogP contribution < -0.4 is 10.7 Å². The maximum absolute atomic E-state index is 13.3. The van der Waals surface area contributed by atoms with Crippen LogP contribution in [0.25, 0.3) is 22.4 Å². The van der Waals surface area contributed by atoms with Crippen LogP contribution in [0.2, 0.25) is 0 Å². The lowest BCUT2D eigenvalue weighted by atomic mass is 10.00. The van der Waals surface area contributed by atoms with Gasteiger partial charge in [-0.3, -0.25) is 5.73 Å². The molecule has 0 fully saturated rings. The van der Waals surface area contributed by atoms with E-state index in [1.54, 1.807) is 23.5 Å². The quantitative estimate of drug-likeness (QED) is 0.570. The third-order valence-corrected chi connectivity index (χ3v) is 4.56.